The summed E-state index contributed by atoms with van der Waals surface area (Å²) in [4.78, 5) is 6.46. The lowest BCUT2D eigenvalue weighted by molar-refractivity contribution is 1.13. The Morgan fingerprint density at radius 3 is 2.25 bits per heavy atom. The molecule has 0 fully saturated rings. The van der Waals surface area contributed by atoms with E-state index in [1.165, 1.54) is 11.3 Å². The predicted octanol–water partition coefficient (Wildman–Crippen LogP) is 3.12. The highest BCUT2D eigenvalue weighted by molar-refractivity contribution is 5.63. The van der Waals surface area contributed by atoms with Crippen molar-refractivity contribution in [1.82, 2.24) is 4.98 Å². The van der Waals surface area contributed by atoms with Gasteiger partial charge in [0, 0.05) is 31.5 Å². The summed E-state index contributed by atoms with van der Waals surface area (Å²) in [6, 6.07) is 12.6. The molecular formula is C14H16N2. The van der Waals surface area contributed by atoms with Gasteiger partial charge in [0.1, 0.15) is 0 Å². The molecule has 1 heterocycles. The molecule has 0 unspecified atom stereocenters. The number of pyridine rings is 1. The molecule has 0 aliphatic rings. The van der Waals surface area contributed by atoms with Crippen LogP contribution < -0.4 is 4.90 Å². The highest BCUT2D eigenvalue weighted by Gasteiger charge is 2.00. The van der Waals surface area contributed by atoms with Gasteiger partial charge in [-0.1, -0.05) is 12.1 Å². The highest BCUT2D eigenvalue weighted by Crippen LogP contribution is 2.21. The van der Waals surface area contributed by atoms with Crippen molar-refractivity contribution in [2.24, 2.45) is 0 Å². The van der Waals surface area contributed by atoms with Crippen LogP contribution in [0.3, 0.4) is 0 Å². The van der Waals surface area contributed by atoms with E-state index in [0.717, 1.165) is 11.3 Å². The Labute approximate surface area is 96.6 Å². The van der Waals surface area contributed by atoms with Gasteiger partial charge in [-0.3, -0.25) is 4.98 Å². The quantitative estimate of drug-likeness (QED) is 0.760. The molecule has 0 spiro atoms. The van der Waals surface area contributed by atoms with Gasteiger partial charge in [0.05, 0.1) is 5.69 Å². The Hall–Kier alpha value is -1.83. The van der Waals surface area contributed by atoms with E-state index in [4.69, 9.17) is 0 Å². The van der Waals surface area contributed by atoms with Gasteiger partial charge >= 0.3 is 0 Å². The van der Waals surface area contributed by atoms with Crippen LogP contribution >= 0.6 is 0 Å². The van der Waals surface area contributed by atoms with Gasteiger partial charge in [-0.15, -0.1) is 0 Å². The fourth-order valence-corrected chi connectivity index (χ4v) is 1.62. The maximum atomic E-state index is 4.37. The Morgan fingerprint density at radius 1 is 1.00 bits per heavy atom. The lowest BCUT2D eigenvalue weighted by atomic mass is 10.1. The largest absolute Gasteiger partial charge is 0.378 e. The van der Waals surface area contributed by atoms with Crippen LogP contribution in [0.2, 0.25) is 0 Å². The normalized spacial score (nSPS) is 10.2. The van der Waals surface area contributed by atoms with Gasteiger partial charge in [-0.25, -0.2) is 0 Å². The SMILES string of the molecule is Cc1ccnc(-c2ccc(N(C)C)cc2)c1. The van der Waals surface area contributed by atoms with Crippen molar-refractivity contribution >= 4 is 5.69 Å². The minimum Gasteiger partial charge on any atom is -0.378 e. The number of nitrogens with zero attached hydrogens (tertiary/aromatic N) is 2. The molecule has 0 saturated carbocycles. The third-order valence-corrected chi connectivity index (χ3v) is 2.59. The minimum atomic E-state index is 1.03. The molecule has 0 amide bonds. The average molecular weight is 212 g/mol. The van der Waals surface area contributed by atoms with Crippen LogP contribution in [0.1, 0.15) is 5.56 Å². The lowest BCUT2D eigenvalue weighted by Crippen LogP contribution is -2.07. The minimum absolute atomic E-state index is 1.03. The monoisotopic (exact) mass is 212 g/mol. The van der Waals surface area contributed by atoms with Crippen molar-refractivity contribution in [1.29, 1.82) is 0 Å². The van der Waals surface area contributed by atoms with E-state index < -0.39 is 0 Å². The molecule has 0 radical (unpaired) electrons. The van der Waals surface area contributed by atoms with Crippen LogP contribution in [0, 0.1) is 6.92 Å². The second-order valence-corrected chi connectivity index (χ2v) is 4.16. The van der Waals surface area contributed by atoms with E-state index in [9.17, 15) is 0 Å². The molecule has 0 saturated heterocycles. The second kappa shape index (κ2) is 4.35. The Kier molecular flexibility index (Phi) is 2.91. The maximum Gasteiger partial charge on any atom is 0.0704 e. The van der Waals surface area contributed by atoms with Crippen LogP contribution in [-0.2, 0) is 0 Å². The topological polar surface area (TPSA) is 16.1 Å². The molecule has 0 aliphatic carbocycles. The summed E-state index contributed by atoms with van der Waals surface area (Å²) in [6.45, 7) is 2.08. The van der Waals surface area contributed by atoms with E-state index in [-0.39, 0.29) is 0 Å². The van der Waals surface area contributed by atoms with E-state index in [1.807, 2.05) is 26.4 Å². The molecule has 0 atom stereocenters. The summed E-state index contributed by atoms with van der Waals surface area (Å²) in [7, 11) is 4.08. The molecule has 16 heavy (non-hydrogen) atoms. The summed E-state index contributed by atoms with van der Waals surface area (Å²) in [5.41, 5.74) is 4.64. The fourth-order valence-electron chi connectivity index (χ4n) is 1.62. The first-order chi connectivity index (χ1) is 7.66. The van der Waals surface area contributed by atoms with E-state index in [1.54, 1.807) is 0 Å². The van der Waals surface area contributed by atoms with Crippen molar-refractivity contribution in [3.63, 3.8) is 0 Å². The molecule has 1 aromatic heterocycles. The van der Waals surface area contributed by atoms with Gasteiger partial charge in [-0.2, -0.15) is 0 Å². The van der Waals surface area contributed by atoms with Crippen LogP contribution in [0.25, 0.3) is 11.3 Å². The van der Waals surface area contributed by atoms with Gasteiger partial charge < -0.3 is 4.90 Å². The highest BCUT2D eigenvalue weighted by atomic mass is 15.1. The molecule has 2 heteroatoms. The first-order valence-electron chi connectivity index (χ1n) is 5.37. The molecule has 2 aromatic rings. The Bertz CT molecular complexity index is 472. The number of anilines is 1. The second-order valence-electron chi connectivity index (χ2n) is 4.16. The van der Waals surface area contributed by atoms with Crippen molar-refractivity contribution in [3.05, 3.63) is 48.2 Å². The zero-order valence-electron chi connectivity index (χ0n) is 9.94. The maximum absolute atomic E-state index is 4.37. The van der Waals surface area contributed by atoms with Crippen molar-refractivity contribution in [2.75, 3.05) is 19.0 Å². The number of aryl methyl sites for hydroxylation is 1. The first kappa shape index (κ1) is 10.7. The molecule has 82 valence electrons. The number of hydrogen-bond acceptors (Lipinski definition) is 2. The number of benzene rings is 1. The van der Waals surface area contributed by atoms with Crippen LogP contribution in [0.15, 0.2) is 42.6 Å². The summed E-state index contributed by atoms with van der Waals surface area (Å²) in [6.07, 6.45) is 1.85. The zero-order valence-corrected chi connectivity index (χ0v) is 9.94. The standard InChI is InChI=1S/C14H16N2/c1-11-8-9-15-14(10-11)12-4-6-13(7-5-12)16(2)3/h4-10H,1-3H3. The summed E-state index contributed by atoms with van der Waals surface area (Å²) in [5, 5.41) is 0. The van der Waals surface area contributed by atoms with E-state index in [2.05, 4.69) is 47.1 Å². The van der Waals surface area contributed by atoms with Gasteiger partial charge in [0.2, 0.25) is 0 Å². The molecule has 1 aromatic carbocycles. The average Bonchev–Trinajstić information content (AvgIpc) is 2.29. The molecule has 0 bridgehead atoms. The smallest absolute Gasteiger partial charge is 0.0704 e. The fraction of sp³-hybridized carbons (Fsp3) is 0.214. The molecule has 2 rings (SSSR count). The lowest BCUT2D eigenvalue weighted by Gasteiger charge is -2.12. The van der Waals surface area contributed by atoms with Gasteiger partial charge in [0.15, 0.2) is 0 Å². The molecule has 0 N–H and O–H groups in total. The predicted molar refractivity (Wildman–Crippen MR) is 68.7 cm³/mol. The summed E-state index contributed by atoms with van der Waals surface area (Å²) < 4.78 is 0. The Balaban J connectivity index is 2.35. The third kappa shape index (κ3) is 2.22. The zero-order chi connectivity index (χ0) is 11.5. The number of hydrogen-bond donors (Lipinski definition) is 0. The van der Waals surface area contributed by atoms with Crippen LogP contribution in [0.5, 0.6) is 0 Å². The van der Waals surface area contributed by atoms with Crippen molar-refractivity contribution in [2.45, 2.75) is 6.92 Å². The van der Waals surface area contributed by atoms with Crippen LogP contribution in [-0.4, -0.2) is 19.1 Å². The first-order valence-corrected chi connectivity index (χ1v) is 5.37. The van der Waals surface area contributed by atoms with E-state index in [0.29, 0.717) is 0 Å². The van der Waals surface area contributed by atoms with Gasteiger partial charge in [0.25, 0.3) is 0 Å². The molecular weight excluding hydrogens is 196 g/mol. The van der Waals surface area contributed by atoms with Crippen molar-refractivity contribution in [3.8, 4) is 11.3 Å². The van der Waals surface area contributed by atoms with Gasteiger partial charge in [-0.05, 0) is 36.8 Å². The Morgan fingerprint density at radius 2 is 1.69 bits per heavy atom. The third-order valence-electron chi connectivity index (χ3n) is 2.59. The van der Waals surface area contributed by atoms with Crippen molar-refractivity contribution < 1.29 is 0 Å². The number of aromatic nitrogens is 1. The number of rotatable bonds is 2. The molecule has 2 nitrogen and oxygen atoms in total. The van der Waals surface area contributed by atoms with Crippen LogP contribution in [0.4, 0.5) is 5.69 Å². The summed E-state index contributed by atoms with van der Waals surface area (Å²) >= 11 is 0. The van der Waals surface area contributed by atoms with E-state index >= 15 is 0 Å². The molecule has 0 aliphatic heterocycles. The summed E-state index contributed by atoms with van der Waals surface area (Å²) in [5.74, 6) is 0.